The average molecular weight is 541 g/mol. The molecule has 13 heteroatoms. The Balaban J connectivity index is 1.72. The number of sulfone groups is 1. The normalized spacial score (nSPS) is 12.1. The van der Waals surface area contributed by atoms with Crippen LogP contribution in [0.25, 0.3) is 0 Å². The third kappa shape index (κ3) is 8.94. The number of hydrogen-bond donors (Lipinski definition) is 3. The van der Waals surface area contributed by atoms with Crippen molar-refractivity contribution >= 4 is 21.6 Å². The highest BCUT2D eigenvalue weighted by atomic mass is 32.2. The van der Waals surface area contributed by atoms with Crippen LogP contribution in [0.1, 0.15) is 23.2 Å². The number of pyridine rings is 1. The first-order valence-electron chi connectivity index (χ1n) is 11.4. The number of nitrogens with zero attached hydrogens (tertiary/aromatic N) is 3. The summed E-state index contributed by atoms with van der Waals surface area (Å²) in [6.07, 6.45) is 5.27. The summed E-state index contributed by atoms with van der Waals surface area (Å²) in [6.45, 7) is 2.48. The maximum Gasteiger partial charge on any atom is 0.294 e. The standard InChI is InChI=1S/C25H28N6O6S/c1-17(16-35-2)36-22-14-23(37-19-7-9-20(10-8-19)38(3,33)34)31-24(30-22)25(32)29-21(26)11-13-27-15-18-6-4-5-12-28-18/h4-14,17,27H,15-16H2,1-3H3,(H2,26,29,32)/b13-11-. The van der Waals surface area contributed by atoms with Crippen LogP contribution < -0.4 is 20.1 Å². The first-order chi connectivity index (χ1) is 18.1. The van der Waals surface area contributed by atoms with Crippen LogP contribution >= 0.6 is 0 Å². The summed E-state index contributed by atoms with van der Waals surface area (Å²) in [5.74, 6) is -0.938. The zero-order valence-corrected chi connectivity index (χ0v) is 21.9. The minimum atomic E-state index is -3.37. The quantitative estimate of drug-likeness (QED) is 0.229. The molecule has 1 atom stereocenters. The Morgan fingerprint density at radius 2 is 1.87 bits per heavy atom. The summed E-state index contributed by atoms with van der Waals surface area (Å²) in [6, 6.07) is 12.6. The monoisotopic (exact) mass is 540 g/mol. The molecule has 38 heavy (non-hydrogen) atoms. The van der Waals surface area contributed by atoms with Crippen LogP contribution in [-0.4, -0.2) is 61.2 Å². The Morgan fingerprint density at radius 3 is 2.53 bits per heavy atom. The number of amides is 1. The molecule has 3 rings (SSSR count). The Bertz CT molecular complexity index is 1380. The maximum absolute atomic E-state index is 12.8. The fraction of sp³-hybridized carbons (Fsp3) is 0.240. The van der Waals surface area contributed by atoms with E-state index in [1.54, 1.807) is 13.1 Å². The highest BCUT2D eigenvalue weighted by Gasteiger charge is 2.17. The molecule has 0 radical (unpaired) electrons. The van der Waals surface area contributed by atoms with Crippen LogP contribution in [0.15, 0.2) is 71.9 Å². The molecule has 0 aliphatic heterocycles. The first kappa shape index (κ1) is 28.2. The number of aromatic nitrogens is 3. The predicted octanol–water partition coefficient (Wildman–Crippen LogP) is 2.49. The van der Waals surface area contributed by atoms with Gasteiger partial charge >= 0.3 is 0 Å². The number of ether oxygens (including phenoxy) is 3. The summed E-state index contributed by atoms with van der Waals surface area (Å²) >= 11 is 0. The summed E-state index contributed by atoms with van der Waals surface area (Å²) in [4.78, 5) is 25.4. The molecule has 1 aromatic carbocycles. The van der Waals surface area contributed by atoms with Crippen molar-refractivity contribution < 1.29 is 27.4 Å². The van der Waals surface area contributed by atoms with Crippen molar-refractivity contribution in [2.24, 2.45) is 0 Å². The van der Waals surface area contributed by atoms with Crippen molar-refractivity contribution in [2.45, 2.75) is 24.5 Å². The van der Waals surface area contributed by atoms with Crippen LogP contribution in [0.4, 0.5) is 0 Å². The number of carbonyl (C=O) groups excluding carboxylic acids is 1. The molecule has 0 aliphatic carbocycles. The van der Waals surface area contributed by atoms with Gasteiger partial charge in [0, 0.05) is 25.8 Å². The van der Waals surface area contributed by atoms with E-state index >= 15 is 0 Å². The Morgan fingerprint density at radius 1 is 1.13 bits per heavy atom. The molecule has 1 amide bonds. The van der Waals surface area contributed by atoms with Gasteiger partial charge in [-0.2, -0.15) is 9.97 Å². The molecule has 2 heterocycles. The molecular weight excluding hydrogens is 512 g/mol. The van der Waals surface area contributed by atoms with Gasteiger partial charge in [0.1, 0.15) is 17.7 Å². The van der Waals surface area contributed by atoms with Crippen molar-refractivity contribution in [3.05, 3.63) is 78.5 Å². The van der Waals surface area contributed by atoms with E-state index in [1.165, 1.54) is 49.7 Å². The van der Waals surface area contributed by atoms with Crippen LogP contribution in [0, 0.1) is 5.41 Å². The smallest absolute Gasteiger partial charge is 0.294 e. The van der Waals surface area contributed by atoms with Gasteiger partial charge in [-0.05, 0) is 49.4 Å². The number of hydrogen-bond acceptors (Lipinski definition) is 11. The van der Waals surface area contributed by atoms with Crippen molar-refractivity contribution in [2.75, 3.05) is 20.0 Å². The molecular formula is C25H28N6O6S. The number of methoxy groups -OCH3 is 1. The lowest BCUT2D eigenvalue weighted by Gasteiger charge is -2.14. The number of nitrogens with one attached hydrogen (secondary N) is 3. The maximum atomic E-state index is 12.8. The van der Waals surface area contributed by atoms with Crippen molar-refractivity contribution in [1.82, 2.24) is 25.6 Å². The van der Waals surface area contributed by atoms with Gasteiger partial charge in [-0.1, -0.05) is 6.07 Å². The van der Waals surface area contributed by atoms with Gasteiger partial charge in [0.25, 0.3) is 5.91 Å². The highest BCUT2D eigenvalue weighted by molar-refractivity contribution is 7.90. The first-order valence-corrected chi connectivity index (χ1v) is 13.3. The molecule has 0 bridgehead atoms. The molecule has 1 unspecified atom stereocenters. The Hall–Kier alpha value is -4.36. The zero-order valence-electron chi connectivity index (χ0n) is 21.0. The fourth-order valence-electron chi connectivity index (χ4n) is 3.00. The lowest BCUT2D eigenvalue weighted by molar-refractivity contribution is 0.0872. The third-order valence-corrected chi connectivity index (χ3v) is 5.83. The van der Waals surface area contributed by atoms with Gasteiger partial charge in [-0.15, -0.1) is 0 Å². The van der Waals surface area contributed by atoms with Crippen LogP contribution in [0.5, 0.6) is 17.5 Å². The lowest BCUT2D eigenvalue weighted by Crippen LogP contribution is -2.30. The number of rotatable bonds is 12. The van der Waals surface area contributed by atoms with E-state index in [2.05, 4.69) is 25.6 Å². The van der Waals surface area contributed by atoms with E-state index in [4.69, 9.17) is 19.6 Å². The fourth-order valence-corrected chi connectivity index (χ4v) is 3.63. The van der Waals surface area contributed by atoms with Crippen LogP contribution in [0.3, 0.4) is 0 Å². The molecule has 12 nitrogen and oxygen atoms in total. The molecule has 3 N–H and O–H groups in total. The second-order valence-corrected chi connectivity index (χ2v) is 10.0. The van der Waals surface area contributed by atoms with Crippen LogP contribution in [-0.2, 0) is 21.1 Å². The average Bonchev–Trinajstić information content (AvgIpc) is 2.87. The molecule has 2 aromatic heterocycles. The van der Waals surface area contributed by atoms with E-state index in [9.17, 15) is 13.2 Å². The van der Waals surface area contributed by atoms with Crippen LogP contribution in [0.2, 0.25) is 0 Å². The predicted molar refractivity (Wildman–Crippen MR) is 139 cm³/mol. The summed E-state index contributed by atoms with van der Waals surface area (Å²) < 4.78 is 39.9. The van der Waals surface area contributed by atoms with E-state index in [-0.39, 0.29) is 46.8 Å². The Kier molecular flexibility index (Phi) is 9.85. The minimum Gasteiger partial charge on any atom is -0.472 e. The number of benzene rings is 1. The van der Waals surface area contributed by atoms with Crippen molar-refractivity contribution in [3.8, 4) is 17.5 Å². The van der Waals surface area contributed by atoms with E-state index < -0.39 is 15.7 Å². The third-order valence-electron chi connectivity index (χ3n) is 4.71. The van der Waals surface area contributed by atoms with Gasteiger partial charge in [-0.3, -0.25) is 15.2 Å². The topological polar surface area (TPSA) is 165 Å². The summed E-state index contributed by atoms with van der Waals surface area (Å²) in [5, 5.41) is 13.4. The largest absolute Gasteiger partial charge is 0.472 e. The summed E-state index contributed by atoms with van der Waals surface area (Å²) in [5.41, 5.74) is 0.819. The van der Waals surface area contributed by atoms with E-state index in [1.807, 2.05) is 18.2 Å². The minimum absolute atomic E-state index is 0.0176. The summed E-state index contributed by atoms with van der Waals surface area (Å²) in [7, 11) is -1.84. The van der Waals surface area contributed by atoms with Gasteiger partial charge in [0.05, 0.1) is 29.8 Å². The van der Waals surface area contributed by atoms with E-state index in [0.29, 0.717) is 6.54 Å². The molecule has 3 aromatic rings. The van der Waals surface area contributed by atoms with Gasteiger partial charge in [-0.25, -0.2) is 8.42 Å². The lowest BCUT2D eigenvalue weighted by atomic mass is 10.3. The molecule has 0 saturated heterocycles. The molecule has 0 aliphatic rings. The second-order valence-electron chi connectivity index (χ2n) is 8.00. The van der Waals surface area contributed by atoms with Crippen molar-refractivity contribution in [3.63, 3.8) is 0 Å². The van der Waals surface area contributed by atoms with E-state index in [0.717, 1.165) is 11.9 Å². The Labute approximate surface area is 220 Å². The molecule has 0 saturated carbocycles. The van der Waals surface area contributed by atoms with Gasteiger partial charge in [0.2, 0.25) is 17.6 Å². The number of amidine groups is 1. The van der Waals surface area contributed by atoms with Gasteiger partial charge in [0.15, 0.2) is 9.84 Å². The SMILES string of the molecule is COCC(C)Oc1cc(Oc2ccc(S(C)(=O)=O)cc2)nc(C(=O)NC(=N)/C=C\NCc2ccccn2)n1. The molecule has 200 valence electrons. The molecule has 0 spiro atoms. The highest BCUT2D eigenvalue weighted by Crippen LogP contribution is 2.24. The zero-order chi connectivity index (χ0) is 27.5. The number of carbonyl (C=O) groups is 1. The van der Waals surface area contributed by atoms with Gasteiger partial charge < -0.3 is 24.8 Å². The second kappa shape index (κ2) is 13.3. The molecule has 0 fully saturated rings. The van der Waals surface area contributed by atoms with Crippen molar-refractivity contribution in [1.29, 1.82) is 5.41 Å².